The second-order valence-corrected chi connectivity index (χ2v) is 11.5. The molecule has 3 fully saturated rings. The standard InChI is InChI=1S/C29H41N7/c1-21(18-22-8-9-22)31-29-30-19-26-27(33-36(28(26)32-29)25-6-4-3-5-7-25)24-12-10-23(11-13-24)20-35-16-14-34(2)15-17-35/h10-13,19,21-22,25H,3-9,14-18,20H2,1-2H3,(H,30,31,32). The minimum absolute atomic E-state index is 0.397. The lowest BCUT2D eigenvalue weighted by Gasteiger charge is -2.32. The minimum Gasteiger partial charge on any atom is -0.352 e. The number of benzene rings is 1. The number of likely N-dealkylation sites (N-methyl/N-ethyl adjacent to an activating group) is 1. The van der Waals surface area contributed by atoms with E-state index in [2.05, 4.69) is 58.0 Å². The molecule has 2 saturated carbocycles. The third-order valence-corrected chi connectivity index (χ3v) is 8.36. The molecule has 0 radical (unpaired) electrons. The van der Waals surface area contributed by atoms with Crippen molar-refractivity contribution in [1.82, 2.24) is 29.5 Å². The summed E-state index contributed by atoms with van der Waals surface area (Å²) in [7, 11) is 2.21. The number of anilines is 1. The normalized spacial score (nSPS) is 21.2. The van der Waals surface area contributed by atoms with E-state index in [0.29, 0.717) is 12.1 Å². The van der Waals surface area contributed by atoms with E-state index in [1.54, 1.807) is 0 Å². The first-order chi connectivity index (χ1) is 17.6. The number of hydrogen-bond donors (Lipinski definition) is 1. The molecule has 1 atom stereocenters. The van der Waals surface area contributed by atoms with Crippen molar-refractivity contribution < 1.29 is 0 Å². The van der Waals surface area contributed by atoms with E-state index in [4.69, 9.17) is 15.1 Å². The predicted molar refractivity (Wildman–Crippen MR) is 146 cm³/mol. The lowest BCUT2D eigenvalue weighted by atomic mass is 9.96. The molecule has 1 saturated heterocycles. The fraction of sp³-hybridized carbons (Fsp3) is 0.621. The van der Waals surface area contributed by atoms with Gasteiger partial charge in [-0.1, -0.05) is 56.4 Å². The average Bonchev–Trinajstić information content (AvgIpc) is 3.63. The molecular weight excluding hydrogens is 446 g/mol. The highest BCUT2D eigenvalue weighted by Gasteiger charge is 2.25. The van der Waals surface area contributed by atoms with Crippen molar-refractivity contribution >= 4 is 17.0 Å². The fourth-order valence-electron chi connectivity index (χ4n) is 5.95. The van der Waals surface area contributed by atoms with Gasteiger partial charge in [-0.3, -0.25) is 4.90 Å². The van der Waals surface area contributed by atoms with Crippen molar-refractivity contribution in [3.63, 3.8) is 0 Å². The molecule has 0 spiro atoms. The molecule has 1 aliphatic heterocycles. The van der Waals surface area contributed by atoms with Gasteiger partial charge in [-0.05, 0) is 44.7 Å². The van der Waals surface area contributed by atoms with E-state index < -0.39 is 0 Å². The van der Waals surface area contributed by atoms with Crippen LogP contribution in [0.2, 0.25) is 0 Å². The number of piperazine rings is 1. The van der Waals surface area contributed by atoms with E-state index in [1.807, 2.05) is 6.20 Å². The Labute approximate surface area is 215 Å². The van der Waals surface area contributed by atoms with E-state index in [1.165, 1.54) is 56.9 Å². The van der Waals surface area contributed by atoms with E-state index >= 15 is 0 Å². The first-order valence-corrected chi connectivity index (χ1v) is 14.1. The van der Waals surface area contributed by atoms with Crippen molar-refractivity contribution in [2.75, 3.05) is 38.5 Å². The molecule has 1 unspecified atom stereocenters. The molecule has 3 heterocycles. The van der Waals surface area contributed by atoms with Gasteiger partial charge in [0.1, 0.15) is 5.69 Å². The van der Waals surface area contributed by atoms with Gasteiger partial charge >= 0.3 is 0 Å². The third-order valence-electron chi connectivity index (χ3n) is 8.36. The Morgan fingerprint density at radius 2 is 1.72 bits per heavy atom. The largest absolute Gasteiger partial charge is 0.352 e. The number of aromatic nitrogens is 4. The summed E-state index contributed by atoms with van der Waals surface area (Å²) in [5.41, 5.74) is 4.52. The number of nitrogens with zero attached hydrogens (tertiary/aromatic N) is 6. The van der Waals surface area contributed by atoms with Crippen molar-refractivity contribution in [3.05, 3.63) is 36.0 Å². The van der Waals surface area contributed by atoms with Gasteiger partial charge in [0, 0.05) is 50.5 Å². The van der Waals surface area contributed by atoms with Crippen molar-refractivity contribution in [1.29, 1.82) is 0 Å². The lowest BCUT2D eigenvalue weighted by molar-refractivity contribution is 0.148. The summed E-state index contributed by atoms with van der Waals surface area (Å²) >= 11 is 0. The number of fused-ring (bicyclic) bond motifs is 1. The second-order valence-electron chi connectivity index (χ2n) is 11.5. The van der Waals surface area contributed by atoms with Crippen LogP contribution in [0.4, 0.5) is 5.95 Å². The highest BCUT2D eigenvalue weighted by molar-refractivity contribution is 5.91. The Bertz CT molecular complexity index is 1150. The van der Waals surface area contributed by atoms with E-state index in [9.17, 15) is 0 Å². The van der Waals surface area contributed by atoms with Gasteiger partial charge in [0.05, 0.1) is 11.4 Å². The summed E-state index contributed by atoms with van der Waals surface area (Å²) in [6.45, 7) is 7.85. The Balaban J connectivity index is 1.26. The smallest absolute Gasteiger partial charge is 0.224 e. The molecule has 6 rings (SSSR count). The molecule has 1 aromatic carbocycles. The first kappa shape index (κ1) is 23.9. The van der Waals surface area contributed by atoms with Crippen LogP contribution in [0.25, 0.3) is 22.3 Å². The zero-order chi connectivity index (χ0) is 24.5. The molecule has 1 N–H and O–H groups in total. The van der Waals surface area contributed by atoms with Gasteiger partial charge in [-0.15, -0.1) is 0 Å². The van der Waals surface area contributed by atoms with Crippen LogP contribution in [0, 0.1) is 5.92 Å². The first-order valence-electron chi connectivity index (χ1n) is 14.1. The highest BCUT2D eigenvalue weighted by atomic mass is 15.3. The molecule has 7 nitrogen and oxygen atoms in total. The summed E-state index contributed by atoms with van der Waals surface area (Å²) in [6.07, 6.45) is 12.2. The summed E-state index contributed by atoms with van der Waals surface area (Å²) < 4.78 is 2.22. The van der Waals surface area contributed by atoms with Gasteiger partial charge in [-0.25, -0.2) is 9.67 Å². The SMILES string of the molecule is CC(CC1CC1)Nc1ncc2c(-c3ccc(CN4CCN(C)CC4)cc3)nn(C3CCCCC3)c2n1. The Morgan fingerprint density at radius 3 is 2.44 bits per heavy atom. The van der Waals surface area contributed by atoms with E-state index in [0.717, 1.165) is 66.9 Å². The predicted octanol–water partition coefficient (Wildman–Crippen LogP) is 5.35. The Hall–Kier alpha value is -2.51. The summed E-state index contributed by atoms with van der Waals surface area (Å²) in [5, 5.41) is 9.81. The molecule has 0 bridgehead atoms. The van der Waals surface area contributed by atoms with Crippen LogP contribution in [-0.4, -0.2) is 68.8 Å². The Morgan fingerprint density at radius 1 is 0.972 bits per heavy atom. The van der Waals surface area contributed by atoms with Crippen LogP contribution in [0.5, 0.6) is 0 Å². The minimum atomic E-state index is 0.397. The monoisotopic (exact) mass is 487 g/mol. The van der Waals surface area contributed by atoms with Crippen molar-refractivity contribution in [2.45, 2.75) is 76.9 Å². The van der Waals surface area contributed by atoms with Crippen LogP contribution >= 0.6 is 0 Å². The average molecular weight is 488 g/mol. The summed E-state index contributed by atoms with van der Waals surface area (Å²) in [4.78, 5) is 14.7. The topological polar surface area (TPSA) is 62.1 Å². The van der Waals surface area contributed by atoms with Crippen LogP contribution in [0.15, 0.2) is 30.5 Å². The number of nitrogens with one attached hydrogen (secondary N) is 1. The molecule has 36 heavy (non-hydrogen) atoms. The summed E-state index contributed by atoms with van der Waals surface area (Å²) in [6, 6.07) is 9.85. The maximum atomic E-state index is 5.19. The quantitative estimate of drug-likeness (QED) is 0.462. The molecular formula is C29H41N7. The van der Waals surface area contributed by atoms with Crippen LogP contribution in [0.3, 0.4) is 0 Å². The maximum Gasteiger partial charge on any atom is 0.224 e. The molecule has 3 aromatic rings. The van der Waals surface area contributed by atoms with Crippen molar-refractivity contribution in [3.8, 4) is 11.3 Å². The zero-order valence-electron chi connectivity index (χ0n) is 22.0. The summed E-state index contributed by atoms with van der Waals surface area (Å²) in [5.74, 6) is 1.62. The molecule has 7 heteroatoms. The number of rotatable bonds is 8. The number of hydrogen-bond acceptors (Lipinski definition) is 6. The molecule has 2 aliphatic carbocycles. The Kier molecular flexibility index (Phi) is 6.94. The second kappa shape index (κ2) is 10.5. The van der Waals surface area contributed by atoms with Crippen molar-refractivity contribution in [2.24, 2.45) is 5.92 Å². The zero-order valence-corrected chi connectivity index (χ0v) is 22.0. The third kappa shape index (κ3) is 5.42. The lowest BCUT2D eigenvalue weighted by Crippen LogP contribution is -2.43. The highest BCUT2D eigenvalue weighted by Crippen LogP contribution is 2.36. The molecule has 3 aliphatic rings. The van der Waals surface area contributed by atoms with Gasteiger partial charge < -0.3 is 10.2 Å². The fourth-order valence-corrected chi connectivity index (χ4v) is 5.95. The molecule has 0 amide bonds. The maximum absolute atomic E-state index is 5.19. The molecule has 2 aromatic heterocycles. The van der Waals surface area contributed by atoms with Gasteiger partial charge in [0.25, 0.3) is 0 Å². The van der Waals surface area contributed by atoms with Crippen LogP contribution in [0.1, 0.15) is 69.9 Å². The molecule has 192 valence electrons. The van der Waals surface area contributed by atoms with Gasteiger partial charge in [-0.2, -0.15) is 10.1 Å². The van der Waals surface area contributed by atoms with Gasteiger partial charge in [0.2, 0.25) is 5.95 Å². The van der Waals surface area contributed by atoms with E-state index in [-0.39, 0.29) is 0 Å². The van der Waals surface area contributed by atoms with Crippen LogP contribution < -0.4 is 5.32 Å². The van der Waals surface area contributed by atoms with Gasteiger partial charge in [0.15, 0.2) is 5.65 Å². The van der Waals surface area contributed by atoms with Crippen LogP contribution in [-0.2, 0) is 6.54 Å².